The van der Waals surface area contributed by atoms with Crippen molar-refractivity contribution in [1.82, 2.24) is 0 Å². The Balaban J connectivity index is 4.21. The van der Waals surface area contributed by atoms with E-state index in [2.05, 4.69) is 22.5 Å². The van der Waals surface area contributed by atoms with Crippen LogP contribution in [0.3, 0.4) is 0 Å². The predicted molar refractivity (Wildman–Crippen MR) is 49.0 cm³/mol. The molecule has 4 heteroatoms. The molecule has 1 atom stereocenters. The van der Waals surface area contributed by atoms with Crippen LogP contribution >= 0.6 is 0 Å². The third-order valence-corrected chi connectivity index (χ3v) is 1.37. The first-order chi connectivity index (χ1) is 6.63. The van der Waals surface area contributed by atoms with Crippen molar-refractivity contribution in [3.8, 4) is 24.2 Å². The zero-order chi connectivity index (χ0) is 11.0. The number of carboxylic acids is 1. The van der Waals surface area contributed by atoms with E-state index in [0.717, 1.165) is 0 Å². The van der Waals surface area contributed by atoms with Gasteiger partial charge in [-0.15, -0.1) is 18.3 Å². The largest absolute Gasteiger partial charge is 0.481 e. The highest BCUT2D eigenvalue weighted by Gasteiger charge is 2.26. The van der Waals surface area contributed by atoms with E-state index in [-0.39, 0.29) is 13.0 Å². The first-order valence-electron chi connectivity index (χ1n) is 3.86. The van der Waals surface area contributed by atoms with Crippen molar-refractivity contribution in [2.45, 2.75) is 13.3 Å². The molecular weight excluding hydrogens is 184 g/mol. The minimum absolute atomic E-state index is 0.107. The second kappa shape index (κ2) is 6.56. The van der Waals surface area contributed by atoms with E-state index in [0.29, 0.717) is 0 Å². The summed E-state index contributed by atoms with van der Waals surface area (Å²) in [6, 6.07) is 0. The lowest BCUT2D eigenvalue weighted by Gasteiger charge is -2.06. The van der Waals surface area contributed by atoms with Crippen LogP contribution < -0.4 is 0 Å². The van der Waals surface area contributed by atoms with Crippen LogP contribution in [0, 0.1) is 30.1 Å². The summed E-state index contributed by atoms with van der Waals surface area (Å²) in [5.41, 5.74) is 0. The second-order valence-electron chi connectivity index (χ2n) is 2.33. The average molecular weight is 194 g/mol. The molecule has 1 unspecified atom stereocenters. The van der Waals surface area contributed by atoms with E-state index in [9.17, 15) is 9.59 Å². The molecule has 4 nitrogen and oxygen atoms in total. The predicted octanol–water partition coefficient (Wildman–Crippen LogP) is 0.277. The minimum Gasteiger partial charge on any atom is -0.481 e. The highest BCUT2D eigenvalue weighted by Crippen LogP contribution is 2.04. The highest BCUT2D eigenvalue weighted by molar-refractivity contribution is 5.94. The normalized spacial score (nSPS) is 10.3. The van der Waals surface area contributed by atoms with Crippen molar-refractivity contribution in [3.05, 3.63) is 0 Å². The Hall–Kier alpha value is -1.94. The molecule has 0 spiro atoms. The summed E-state index contributed by atoms with van der Waals surface area (Å²) in [5, 5.41) is 8.60. The molecule has 1 N–H and O–H groups in total. The van der Waals surface area contributed by atoms with E-state index in [1.165, 1.54) is 0 Å². The maximum absolute atomic E-state index is 11.1. The summed E-state index contributed by atoms with van der Waals surface area (Å²) in [6.45, 7) is 1.48. The molecule has 0 rings (SSSR count). The van der Waals surface area contributed by atoms with Gasteiger partial charge < -0.3 is 9.84 Å². The highest BCUT2D eigenvalue weighted by atomic mass is 16.5. The van der Waals surface area contributed by atoms with Crippen LogP contribution in [0.25, 0.3) is 0 Å². The van der Waals surface area contributed by atoms with Gasteiger partial charge in [0.05, 0.1) is 0 Å². The molecular formula is C10H10O4. The van der Waals surface area contributed by atoms with E-state index >= 15 is 0 Å². The molecule has 0 aliphatic carbocycles. The number of esters is 1. The standard InChI is InChI=1S/C10H10O4/c1-3-5-7-14-10(13)8(6-4-2)9(11)12/h2,8H,6-7H2,1H3,(H,11,12). The number of ether oxygens (including phenoxy) is 1. The molecule has 0 aromatic carbocycles. The second-order valence-corrected chi connectivity index (χ2v) is 2.33. The number of carbonyl (C=O) groups excluding carboxylic acids is 1. The fourth-order valence-electron chi connectivity index (χ4n) is 0.669. The first kappa shape index (κ1) is 12.1. The number of terminal acetylenes is 1. The summed E-state index contributed by atoms with van der Waals surface area (Å²) in [4.78, 5) is 21.6. The van der Waals surface area contributed by atoms with Crippen LogP contribution in [0.1, 0.15) is 13.3 Å². The molecule has 0 aliphatic rings. The molecule has 0 fully saturated rings. The fraction of sp³-hybridized carbons (Fsp3) is 0.400. The molecule has 74 valence electrons. The average Bonchev–Trinajstić information content (AvgIpc) is 2.13. The van der Waals surface area contributed by atoms with Gasteiger partial charge >= 0.3 is 11.9 Å². The monoisotopic (exact) mass is 194 g/mol. The molecule has 0 saturated heterocycles. The van der Waals surface area contributed by atoms with Gasteiger partial charge in [-0.1, -0.05) is 5.92 Å². The van der Waals surface area contributed by atoms with Gasteiger partial charge in [0.25, 0.3) is 0 Å². The van der Waals surface area contributed by atoms with Crippen LogP contribution in [0.5, 0.6) is 0 Å². The van der Waals surface area contributed by atoms with Gasteiger partial charge in [0, 0.05) is 6.42 Å². The van der Waals surface area contributed by atoms with Gasteiger partial charge in [0.1, 0.15) is 0 Å². The summed E-state index contributed by atoms with van der Waals surface area (Å²) in [5.74, 6) is 3.67. The van der Waals surface area contributed by atoms with Gasteiger partial charge in [-0.05, 0) is 6.92 Å². The van der Waals surface area contributed by atoms with Crippen LogP contribution in [0.2, 0.25) is 0 Å². The van der Waals surface area contributed by atoms with Gasteiger partial charge in [-0.3, -0.25) is 9.59 Å². The number of rotatable bonds is 4. The minimum atomic E-state index is -1.29. The van der Waals surface area contributed by atoms with E-state index in [4.69, 9.17) is 11.5 Å². The van der Waals surface area contributed by atoms with Crippen LogP contribution in [-0.2, 0) is 14.3 Å². The molecule has 0 amide bonds. The van der Waals surface area contributed by atoms with Crippen LogP contribution in [0.4, 0.5) is 0 Å². The number of carboxylic acid groups (broad SMARTS) is 1. The van der Waals surface area contributed by atoms with Gasteiger partial charge in [0.15, 0.2) is 12.5 Å². The van der Waals surface area contributed by atoms with Crippen molar-refractivity contribution >= 4 is 11.9 Å². The Labute approximate surface area is 82.3 Å². The first-order valence-corrected chi connectivity index (χ1v) is 3.86. The van der Waals surface area contributed by atoms with Gasteiger partial charge in [-0.2, -0.15) is 0 Å². The zero-order valence-electron chi connectivity index (χ0n) is 7.74. The molecule has 0 aromatic rings. The van der Waals surface area contributed by atoms with Crippen molar-refractivity contribution in [3.63, 3.8) is 0 Å². The zero-order valence-corrected chi connectivity index (χ0v) is 7.74. The summed E-state index contributed by atoms with van der Waals surface area (Å²) in [7, 11) is 0. The van der Waals surface area contributed by atoms with E-state index < -0.39 is 17.9 Å². The maximum Gasteiger partial charge on any atom is 0.322 e. The Kier molecular flexibility index (Phi) is 5.65. The van der Waals surface area contributed by atoms with Crippen LogP contribution in [0.15, 0.2) is 0 Å². The topological polar surface area (TPSA) is 63.6 Å². The Morgan fingerprint density at radius 1 is 1.57 bits per heavy atom. The molecule has 0 saturated carbocycles. The van der Waals surface area contributed by atoms with Gasteiger partial charge in [-0.25, -0.2) is 0 Å². The molecule has 0 aliphatic heterocycles. The van der Waals surface area contributed by atoms with Crippen molar-refractivity contribution in [2.24, 2.45) is 5.92 Å². The van der Waals surface area contributed by atoms with Crippen molar-refractivity contribution in [1.29, 1.82) is 0 Å². The molecule has 0 aromatic heterocycles. The third-order valence-electron chi connectivity index (χ3n) is 1.37. The quantitative estimate of drug-likeness (QED) is 0.396. The summed E-state index contributed by atoms with van der Waals surface area (Å²) < 4.78 is 4.57. The van der Waals surface area contributed by atoms with E-state index in [1.807, 2.05) is 0 Å². The number of aliphatic carboxylic acids is 1. The smallest absolute Gasteiger partial charge is 0.322 e. The number of hydrogen-bond donors (Lipinski definition) is 1. The van der Waals surface area contributed by atoms with E-state index in [1.54, 1.807) is 6.92 Å². The van der Waals surface area contributed by atoms with Crippen molar-refractivity contribution in [2.75, 3.05) is 6.61 Å². The lowest BCUT2D eigenvalue weighted by atomic mass is 10.1. The SMILES string of the molecule is C#CCC(C(=O)O)C(=O)OCC#CC. The van der Waals surface area contributed by atoms with Crippen molar-refractivity contribution < 1.29 is 19.4 Å². The molecule has 0 radical (unpaired) electrons. The molecule has 0 bridgehead atoms. The maximum atomic E-state index is 11.1. The van der Waals surface area contributed by atoms with Crippen LogP contribution in [-0.4, -0.2) is 23.7 Å². The summed E-state index contributed by atoms with van der Waals surface area (Å²) >= 11 is 0. The molecule has 14 heavy (non-hydrogen) atoms. The Morgan fingerprint density at radius 3 is 2.64 bits per heavy atom. The fourth-order valence-corrected chi connectivity index (χ4v) is 0.669. The number of hydrogen-bond acceptors (Lipinski definition) is 3. The number of carbonyl (C=O) groups is 2. The Morgan fingerprint density at radius 2 is 2.21 bits per heavy atom. The molecule has 0 heterocycles. The lowest BCUT2D eigenvalue weighted by molar-refractivity contribution is -0.157. The summed E-state index contributed by atoms with van der Waals surface area (Å²) in [6.07, 6.45) is 4.74. The van der Waals surface area contributed by atoms with Gasteiger partial charge in [0.2, 0.25) is 0 Å². The third kappa shape index (κ3) is 4.18. The lowest BCUT2D eigenvalue weighted by Crippen LogP contribution is -2.25. The Bertz CT molecular complexity index is 313.